The Hall–Kier alpha value is -0.770. The van der Waals surface area contributed by atoms with Crippen LogP contribution in [0.3, 0.4) is 0 Å². The summed E-state index contributed by atoms with van der Waals surface area (Å²) in [7, 11) is 0. The SMILES string of the molecule is CC(C)C[C@H](N)C(=O)NCCCc1ccc(Cl)cc1.Cl. The maximum absolute atomic E-state index is 11.7. The van der Waals surface area contributed by atoms with Gasteiger partial charge in [0.2, 0.25) is 5.91 Å². The van der Waals surface area contributed by atoms with Crippen LogP contribution in [0.2, 0.25) is 5.02 Å². The van der Waals surface area contributed by atoms with Crippen LogP contribution in [0.25, 0.3) is 0 Å². The number of benzene rings is 1. The van der Waals surface area contributed by atoms with E-state index in [9.17, 15) is 4.79 Å². The first-order chi connectivity index (χ1) is 8.99. The zero-order valence-corrected chi connectivity index (χ0v) is 13.6. The predicted octanol–water partition coefficient (Wildman–Crippen LogP) is 3.18. The van der Waals surface area contributed by atoms with Gasteiger partial charge in [-0.2, -0.15) is 0 Å². The zero-order valence-electron chi connectivity index (χ0n) is 12.1. The number of amides is 1. The van der Waals surface area contributed by atoms with Crippen molar-refractivity contribution >= 4 is 29.9 Å². The summed E-state index contributed by atoms with van der Waals surface area (Å²) in [5, 5.41) is 3.63. The fourth-order valence-electron chi connectivity index (χ4n) is 1.90. The molecule has 0 heterocycles. The predicted molar refractivity (Wildman–Crippen MR) is 87.5 cm³/mol. The van der Waals surface area contributed by atoms with Gasteiger partial charge in [-0.3, -0.25) is 4.79 Å². The summed E-state index contributed by atoms with van der Waals surface area (Å²) in [6.45, 7) is 4.79. The maximum atomic E-state index is 11.7. The molecule has 1 atom stereocenters. The van der Waals surface area contributed by atoms with Gasteiger partial charge in [-0.1, -0.05) is 37.6 Å². The van der Waals surface area contributed by atoms with Gasteiger partial charge < -0.3 is 11.1 Å². The molecule has 0 bridgehead atoms. The second kappa shape index (κ2) is 10.0. The van der Waals surface area contributed by atoms with E-state index in [0.29, 0.717) is 12.5 Å². The fraction of sp³-hybridized carbons (Fsp3) is 0.533. The third-order valence-corrected chi connectivity index (χ3v) is 3.17. The quantitative estimate of drug-likeness (QED) is 0.758. The Morgan fingerprint density at radius 2 is 1.90 bits per heavy atom. The minimum Gasteiger partial charge on any atom is -0.355 e. The molecular weight excluding hydrogens is 295 g/mol. The summed E-state index contributed by atoms with van der Waals surface area (Å²) in [5.41, 5.74) is 7.03. The van der Waals surface area contributed by atoms with Crippen molar-refractivity contribution in [2.45, 2.75) is 39.2 Å². The molecule has 0 radical (unpaired) electrons. The number of hydrogen-bond acceptors (Lipinski definition) is 2. The van der Waals surface area contributed by atoms with Crippen LogP contribution in [0.1, 0.15) is 32.3 Å². The van der Waals surface area contributed by atoms with Crippen LogP contribution in [-0.4, -0.2) is 18.5 Å². The molecular formula is C15H24Cl2N2O. The van der Waals surface area contributed by atoms with Gasteiger partial charge in [0.1, 0.15) is 0 Å². The van der Waals surface area contributed by atoms with Crippen molar-refractivity contribution in [3.8, 4) is 0 Å². The smallest absolute Gasteiger partial charge is 0.236 e. The molecule has 0 saturated heterocycles. The Bertz CT molecular complexity index is 393. The van der Waals surface area contributed by atoms with Gasteiger partial charge in [0.05, 0.1) is 6.04 Å². The van der Waals surface area contributed by atoms with Crippen molar-refractivity contribution in [1.82, 2.24) is 5.32 Å². The van der Waals surface area contributed by atoms with E-state index in [0.717, 1.165) is 24.3 Å². The van der Waals surface area contributed by atoms with Crippen LogP contribution in [0.5, 0.6) is 0 Å². The summed E-state index contributed by atoms with van der Waals surface area (Å²) in [6, 6.07) is 7.39. The summed E-state index contributed by atoms with van der Waals surface area (Å²) < 4.78 is 0. The van der Waals surface area contributed by atoms with Gasteiger partial charge in [0.25, 0.3) is 0 Å². The van der Waals surface area contributed by atoms with Crippen LogP contribution >= 0.6 is 24.0 Å². The topological polar surface area (TPSA) is 55.1 Å². The van der Waals surface area contributed by atoms with Crippen molar-refractivity contribution < 1.29 is 4.79 Å². The largest absolute Gasteiger partial charge is 0.355 e. The molecule has 0 unspecified atom stereocenters. The van der Waals surface area contributed by atoms with E-state index >= 15 is 0 Å². The second-order valence-electron chi connectivity index (χ2n) is 5.26. The van der Waals surface area contributed by atoms with Gasteiger partial charge in [0, 0.05) is 11.6 Å². The number of nitrogens with two attached hydrogens (primary N) is 1. The Labute approximate surface area is 132 Å². The maximum Gasteiger partial charge on any atom is 0.236 e. The van der Waals surface area contributed by atoms with E-state index in [2.05, 4.69) is 19.2 Å². The molecule has 0 spiro atoms. The van der Waals surface area contributed by atoms with Gasteiger partial charge in [0.15, 0.2) is 0 Å². The Balaban J connectivity index is 0.00000361. The molecule has 3 N–H and O–H groups in total. The van der Waals surface area contributed by atoms with E-state index in [1.165, 1.54) is 5.56 Å². The molecule has 20 heavy (non-hydrogen) atoms. The molecule has 0 aromatic heterocycles. The lowest BCUT2D eigenvalue weighted by Crippen LogP contribution is -2.41. The van der Waals surface area contributed by atoms with E-state index in [-0.39, 0.29) is 18.3 Å². The molecule has 1 rings (SSSR count). The molecule has 0 aliphatic carbocycles. The van der Waals surface area contributed by atoms with E-state index in [1.54, 1.807) is 0 Å². The highest BCUT2D eigenvalue weighted by Gasteiger charge is 2.13. The first-order valence-electron chi connectivity index (χ1n) is 6.76. The van der Waals surface area contributed by atoms with Crippen LogP contribution in [0.4, 0.5) is 0 Å². The summed E-state index contributed by atoms with van der Waals surface area (Å²) in [5.74, 6) is 0.389. The Morgan fingerprint density at radius 1 is 1.30 bits per heavy atom. The Morgan fingerprint density at radius 3 is 2.45 bits per heavy atom. The number of hydrogen-bond donors (Lipinski definition) is 2. The molecule has 114 valence electrons. The summed E-state index contributed by atoms with van der Waals surface area (Å²) in [4.78, 5) is 11.7. The minimum atomic E-state index is -0.393. The molecule has 0 aliphatic heterocycles. The highest BCUT2D eigenvalue weighted by atomic mass is 35.5. The van der Waals surface area contributed by atoms with Crippen molar-refractivity contribution in [1.29, 1.82) is 0 Å². The first-order valence-corrected chi connectivity index (χ1v) is 7.14. The molecule has 5 heteroatoms. The Kier molecular flexibility index (Phi) is 9.64. The van der Waals surface area contributed by atoms with E-state index in [4.69, 9.17) is 17.3 Å². The number of halogens is 2. The van der Waals surface area contributed by atoms with Gasteiger partial charge in [-0.05, 0) is 42.9 Å². The molecule has 0 saturated carbocycles. The van der Waals surface area contributed by atoms with Crippen LogP contribution in [0.15, 0.2) is 24.3 Å². The third-order valence-electron chi connectivity index (χ3n) is 2.92. The minimum absolute atomic E-state index is 0. The average molecular weight is 319 g/mol. The number of nitrogens with one attached hydrogen (secondary N) is 1. The summed E-state index contributed by atoms with van der Waals surface area (Å²) >= 11 is 5.82. The highest BCUT2D eigenvalue weighted by molar-refractivity contribution is 6.30. The average Bonchev–Trinajstić information content (AvgIpc) is 2.35. The lowest BCUT2D eigenvalue weighted by Gasteiger charge is -2.14. The lowest BCUT2D eigenvalue weighted by molar-refractivity contribution is -0.122. The van der Waals surface area contributed by atoms with Crippen molar-refractivity contribution in [2.24, 2.45) is 11.7 Å². The fourth-order valence-corrected chi connectivity index (χ4v) is 2.03. The second-order valence-corrected chi connectivity index (χ2v) is 5.69. The molecule has 1 aromatic carbocycles. The number of carbonyl (C=O) groups excluding carboxylic acids is 1. The normalized spacial score (nSPS) is 11.8. The zero-order chi connectivity index (χ0) is 14.3. The van der Waals surface area contributed by atoms with Crippen molar-refractivity contribution in [3.63, 3.8) is 0 Å². The van der Waals surface area contributed by atoms with E-state index < -0.39 is 6.04 Å². The van der Waals surface area contributed by atoms with Crippen LogP contribution in [-0.2, 0) is 11.2 Å². The molecule has 0 aliphatic rings. The first kappa shape index (κ1) is 19.2. The van der Waals surface area contributed by atoms with Gasteiger partial charge in [-0.25, -0.2) is 0 Å². The summed E-state index contributed by atoms with van der Waals surface area (Å²) in [6.07, 6.45) is 2.56. The lowest BCUT2D eigenvalue weighted by atomic mass is 10.0. The van der Waals surface area contributed by atoms with Gasteiger partial charge >= 0.3 is 0 Å². The van der Waals surface area contributed by atoms with E-state index in [1.807, 2.05) is 24.3 Å². The molecule has 1 aromatic rings. The monoisotopic (exact) mass is 318 g/mol. The molecule has 0 fully saturated rings. The number of aryl methyl sites for hydroxylation is 1. The standard InChI is InChI=1S/C15H23ClN2O.ClH/c1-11(2)10-14(17)15(19)18-9-3-4-12-5-7-13(16)8-6-12;/h5-8,11,14H,3-4,9-10,17H2,1-2H3,(H,18,19);1H/t14-;/m0./s1. The highest BCUT2D eigenvalue weighted by Crippen LogP contribution is 2.10. The third kappa shape index (κ3) is 7.73. The molecule has 3 nitrogen and oxygen atoms in total. The van der Waals surface area contributed by atoms with Crippen LogP contribution < -0.4 is 11.1 Å². The molecule has 1 amide bonds. The van der Waals surface area contributed by atoms with Crippen molar-refractivity contribution in [2.75, 3.05) is 6.54 Å². The van der Waals surface area contributed by atoms with Crippen LogP contribution in [0, 0.1) is 5.92 Å². The van der Waals surface area contributed by atoms with Gasteiger partial charge in [-0.15, -0.1) is 12.4 Å². The number of carbonyl (C=O) groups is 1. The van der Waals surface area contributed by atoms with Crippen molar-refractivity contribution in [3.05, 3.63) is 34.9 Å². The number of rotatable bonds is 7.